The molecule has 0 amide bonds. The van der Waals surface area contributed by atoms with Gasteiger partial charge < -0.3 is 10.0 Å². The van der Waals surface area contributed by atoms with Gasteiger partial charge >= 0.3 is 0 Å². The number of hydrogen-bond donors (Lipinski definition) is 1. The highest BCUT2D eigenvalue weighted by atomic mass is 16.3. The van der Waals surface area contributed by atoms with Crippen LogP contribution in [0.3, 0.4) is 0 Å². The minimum Gasteiger partial charge on any atom is -0.508 e. The molecule has 31 heavy (non-hydrogen) atoms. The molecule has 2 heteroatoms. The summed E-state index contributed by atoms with van der Waals surface area (Å²) >= 11 is 0. The number of aryl methyl sites for hydroxylation is 2. The lowest BCUT2D eigenvalue weighted by Gasteiger charge is -2.17. The lowest BCUT2D eigenvalue weighted by molar-refractivity contribution is 0.318. The molecular formula is C29H41NO. The maximum absolute atomic E-state index is 10.0. The molecule has 1 aliphatic carbocycles. The molecule has 0 spiro atoms. The average molecular weight is 420 g/mol. The lowest BCUT2D eigenvalue weighted by Crippen LogP contribution is -2.20. The van der Waals surface area contributed by atoms with E-state index in [1.807, 2.05) is 12.1 Å². The second kappa shape index (κ2) is 12.1. The largest absolute Gasteiger partial charge is 0.508 e. The van der Waals surface area contributed by atoms with Gasteiger partial charge in [0.25, 0.3) is 0 Å². The molecule has 2 nitrogen and oxygen atoms in total. The number of nitrogens with zero attached hydrogens (tertiary/aromatic N) is 1. The lowest BCUT2D eigenvalue weighted by atomic mass is 9.89. The quantitative estimate of drug-likeness (QED) is 0.378. The van der Waals surface area contributed by atoms with Crippen molar-refractivity contribution in [3.8, 4) is 5.75 Å². The number of benzene rings is 2. The minimum atomic E-state index is 0.393. The third-order valence-electron chi connectivity index (χ3n) is 6.66. The van der Waals surface area contributed by atoms with Gasteiger partial charge in [-0.15, -0.1) is 0 Å². The second-order valence-corrected chi connectivity index (χ2v) is 9.34. The van der Waals surface area contributed by atoms with Crippen LogP contribution in [-0.4, -0.2) is 30.1 Å². The Hall–Kier alpha value is -2.06. The predicted molar refractivity (Wildman–Crippen MR) is 135 cm³/mol. The Labute approximate surface area is 190 Å². The fourth-order valence-corrected chi connectivity index (χ4v) is 4.79. The first-order valence-corrected chi connectivity index (χ1v) is 12.4. The van der Waals surface area contributed by atoms with E-state index in [4.69, 9.17) is 0 Å². The summed E-state index contributed by atoms with van der Waals surface area (Å²) in [5, 5.41) is 10.0. The Bertz CT molecular complexity index is 850. The molecule has 0 unspecified atom stereocenters. The monoisotopic (exact) mass is 419 g/mol. The van der Waals surface area contributed by atoms with Crippen LogP contribution in [0, 0.1) is 6.92 Å². The van der Waals surface area contributed by atoms with Crippen LogP contribution in [0.2, 0.25) is 0 Å². The minimum absolute atomic E-state index is 0.393. The zero-order valence-corrected chi connectivity index (χ0v) is 19.9. The van der Waals surface area contributed by atoms with Gasteiger partial charge in [0, 0.05) is 0 Å². The molecule has 0 bridgehead atoms. The summed E-state index contributed by atoms with van der Waals surface area (Å²) in [6, 6.07) is 15.1. The van der Waals surface area contributed by atoms with E-state index in [9.17, 15) is 5.11 Å². The van der Waals surface area contributed by atoms with Gasteiger partial charge in [-0.05, 0) is 112 Å². The van der Waals surface area contributed by atoms with Gasteiger partial charge in [-0.1, -0.05) is 62.1 Å². The van der Waals surface area contributed by atoms with E-state index in [-0.39, 0.29) is 0 Å². The molecule has 168 valence electrons. The van der Waals surface area contributed by atoms with Crippen molar-refractivity contribution in [1.82, 2.24) is 4.90 Å². The van der Waals surface area contributed by atoms with Gasteiger partial charge in [0.2, 0.25) is 0 Å². The molecule has 0 atom stereocenters. The van der Waals surface area contributed by atoms with E-state index in [1.54, 1.807) is 0 Å². The highest BCUT2D eigenvalue weighted by Gasteiger charge is 2.18. The summed E-state index contributed by atoms with van der Waals surface area (Å²) in [7, 11) is 2.26. The molecule has 0 saturated heterocycles. The number of phenols is 1. The fraction of sp³-hybridized carbons (Fsp3) is 0.517. The van der Waals surface area contributed by atoms with E-state index in [1.165, 1.54) is 85.0 Å². The van der Waals surface area contributed by atoms with E-state index in [0.29, 0.717) is 5.75 Å². The smallest absolute Gasteiger partial charge is 0.115 e. The molecule has 0 saturated carbocycles. The number of rotatable bonds is 11. The van der Waals surface area contributed by atoms with Crippen molar-refractivity contribution < 1.29 is 5.11 Å². The van der Waals surface area contributed by atoms with Crippen LogP contribution in [0.4, 0.5) is 0 Å². The molecule has 1 aliphatic rings. The Balaban J connectivity index is 1.69. The third kappa shape index (κ3) is 6.97. The van der Waals surface area contributed by atoms with Gasteiger partial charge in [0.1, 0.15) is 5.75 Å². The van der Waals surface area contributed by atoms with Gasteiger partial charge in [-0.3, -0.25) is 0 Å². The number of aromatic hydroxyl groups is 1. The van der Waals surface area contributed by atoms with Crippen LogP contribution >= 0.6 is 0 Å². The molecule has 0 aromatic heterocycles. The Morgan fingerprint density at radius 3 is 2.39 bits per heavy atom. The van der Waals surface area contributed by atoms with Gasteiger partial charge in [-0.25, -0.2) is 0 Å². The summed E-state index contributed by atoms with van der Waals surface area (Å²) in [5.41, 5.74) is 8.40. The van der Waals surface area contributed by atoms with Crippen LogP contribution in [0.5, 0.6) is 5.75 Å². The van der Waals surface area contributed by atoms with E-state index in [0.717, 1.165) is 25.7 Å². The SMILES string of the molecule is CCCCN(C)CCCCCCC1=C(c2ccc(C)cc2)CCCc2cc(O)ccc21. The number of allylic oxidation sites excluding steroid dienone is 2. The van der Waals surface area contributed by atoms with Crippen LogP contribution < -0.4 is 0 Å². The zero-order valence-electron chi connectivity index (χ0n) is 19.9. The molecule has 2 aromatic carbocycles. The standard InChI is InChI=1S/C29H41NO/c1-4-5-20-30(3)21-9-7-6-8-12-29-27(24-16-14-23(2)15-17-24)13-10-11-25-22-26(31)18-19-28(25)29/h14-19,22,31H,4-13,20-21H2,1-3H3. The van der Waals surface area contributed by atoms with Crippen molar-refractivity contribution in [2.75, 3.05) is 20.1 Å². The van der Waals surface area contributed by atoms with Crippen molar-refractivity contribution in [3.63, 3.8) is 0 Å². The molecule has 0 aliphatic heterocycles. The van der Waals surface area contributed by atoms with Gasteiger partial charge in [0.15, 0.2) is 0 Å². The average Bonchev–Trinajstić information content (AvgIpc) is 2.94. The summed E-state index contributed by atoms with van der Waals surface area (Å²) in [6.45, 7) is 6.87. The van der Waals surface area contributed by atoms with E-state index in [2.05, 4.69) is 56.1 Å². The van der Waals surface area contributed by atoms with Crippen LogP contribution in [0.15, 0.2) is 42.5 Å². The van der Waals surface area contributed by atoms with Gasteiger partial charge in [0.05, 0.1) is 0 Å². The van der Waals surface area contributed by atoms with Crippen molar-refractivity contribution in [2.45, 2.75) is 78.1 Å². The third-order valence-corrected chi connectivity index (χ3v) is 6.66. The first-order valence-electron chi connectivity index (χ1n) is 12.4. The normalized spacial score (nSPS) is 14.1. The van der Waals surface area contributed by atoms with Gasteiger partial charge in [-0.2, -0.15) is 0 Å². The first-order chi connectivity index (χ1) is 15.1. The summed E-state index contributed by atoms with van der Waals surface area (Å²) in [5.74, 6) is 0.393. The van der Waals surface area contributed by atoms with E-state index < -0.39 is 0 Å². The number of phenolic OH excluding ortho intramolecular Hbond substituents is 1. The number of unbranched alkanes of at least 4 members (excludes halogenated alkanes) is 4. The molecular weight excluding hydrogens is 378 g/mol. The molecule has 2 aromatic rings. The molecule has 3 rings (SSSR count). The fourth-order valence-electron chi connectivity index (χ4n) is 4.79. The Morgan fingerprint density at radius 1 is 0.871 bits per heavy atom. The Morgan fingerprint density at radius 2 is 1.61 bits per heavy atom. The molecule has 0 radical (unpaired) electrons. The number of hydrogen-bond acceptors (Lipinski definition) is 2. The maximum Gasteiger partial charge on any atom is 0.115 e. The second-order valence-electron chi connectivity index (χ2n) is 9.34. The summed E-state index contributed by atoms with van der Waals surface area (Å²) < 4.78 is 0. The summed E-state index contributed by atoms with van der Waals surface area (Å²) in [4.78, 5) is 2.48. The molecule has 1 N–H and O–H groups in total. The van der Waals surface area contributed by atoms with Crippen molar-refractivity contribution in [1.29, 1.82) is 0 Å². The zero-order chi connectivity index (χ0) is 22.1. The van der Waals surface area contributed by atoms with Crippen LogP contribution in [0.25, 0.3) is 11.1 Å². The van der Waals surface area contributed by atoms with Crippen LogP contribution in [0.1, 0.15) is 87.0 Å². The topological polar surface area (TPSA) is 23.5 Å². The predicted octanol–water partition coefficient (Wildman–Crippen LogP) is 7.63. The first kappa shape index (κ1) is 23.6. The maximum atomic E-state index is 10.0. The highest BCUT2D eigenvalue weighted by molar-refractivity contribution is 5.92. The van der Waals surface area contributed by atoms with Crippen LogP contribution in [-0.2, 0) is 6.42 Å². The van der Waals surface area contributed by atoms with Crippen molar-refractivity contribution in [2.24, 2.45) is 0 Å². The summed E-state index contributed by atoms with van der Waals surface area (Å²) in [6.07, 6.45) is 12.2. The molecule has 0 heterocycles. The van der Waals surface area contributed by atoms with Crippen molar-refractivity contribution >= 4 is 11.1 Å². The molecule has 0 fully saturated rings. The Kier molecular flexibility index (Phi) is 9.21. The van der Waals surface area contributed by atoms with Crippen molar-refractivity contribution in [3.05, 3.63) is 64.7 Å². The number of fused-ring (bicyclic) bond motifs is 1. The highest BCUT2D eigenvalue weighted by Crippen LogP contribution is 2.39. The van der Waals surface area contributed by atoms with E-state index >= 15 is 0 Å².